The molecule has 39 heavy (non-hydrogen) atoms. The molecule has 4 heteroatoms. The van der Waals surface area contributed by atoms with Crippen molar-refractivity contribution in [3.05, 3.63) is 142 Å². The summed E-state index contributed by atoms with van der Waals surface area (Å²) >= 11 is 0. The maximum Gasteiger partial charge on any atom is 0.133 e. The van der Waals surface area contributed by atoms with Crippen LogP contribution >= 0.6 is 0 Å². The van der Waals surface area contributed by atoms with Gasteiger partial charge in [-0.05, 0) is 106 Å². The monoisotopic (exact) mass is 522 g/mol. The van der Waals surface area contributed by atoms with Crippen LogP contribution in [0.3, 0.4) is 0 Å². The number of fused-ring (bicyclic) bond motifs is 2. The standard InChI is InChI=1S/C35H26F4/c1-20-29(27-13-11-24(36)18-31(27)38)16-22-8-4-5-10-26(22)33(20)34-21(2)30(28-14-12-25(37)19-32(28)39)17-23-9-6-7-15-35(23,34)3/h4-14,16-19H,15H2,1-3H3. The Morgan fingerprint density at radius 3 is 2.10 bits per heavy atom. The number of benzene rings is 4. The summed E-state index contributed by atoms with van der Waals surface area (Å²) in [6.45, 7) is 6.11. The van der Waals surface area contributed by atoms with Crippen LogP contribution in [0.15, 0.2) is 102 Å². The zero-order valence-corrected chi connectivity index (χ0v) is 21.9. The van der Waals surface area contributed by atoms with Crippen LogP contribution in [0.5, 0.6) is 0 Å². The van der Waals surface area contributed by atoms with E-state index in [1.54, 1.807) is 0 Å². The average Bonchev–Trinajstić information content (AvgIpc) is 2.90. The molecular weight excluding hydrogens is 496 g/mol. The van der Waals surface area contributed by atoms with Gasteiger partial charge in [-0.3, -0.25) is 0 Å². The van der Waals surface area contributed by atoms with Crippen LogP contribution < -0.4 is 0 Å². The molecule has 2 aliphatic carbocycles. The van der Waals surface area contributed by atoms with E-state index < -0.39 is 28.7 Å². The van der Waals surface area contributed by atoms with Crippen LogP contribution in [0.4, 0.5) is 17.6 Å². The molecule has 194 valence electrons. The molecule has 0 spiro atoms. The molecule has 6 rings (SSSR count). The third-order valence-corrected chi connectivity index (χ3v) is 8.21. The van der Waals surface area contributed by atoms with E-state index in [9.17, 15) is 8.78 Å². The first-order valence-electron chi connectivity index (χ1n) is 12.9. The van der Waals surface area contributed by atoms with Crippen LogP contribution in [0, 0.1) is 35.6 Å². The predicted molar refractivity (Wildman–Crippen MR) is 151 cm³/mol. The van der Waals surface area contributed by atoms with Gasteiger partial charge in [0.15, 0.2) is 0 Å². The third-order valence-electron chi connectivity index (χ3n) is 8.21. The second-order valence-corrected chi connectivity index (χ2v) is 10.5. The van der Waals surface area contributed by atoms with Crippen molar-refractivity contribution in [3.8, 4) is 11.1 Å². The second kappa shape index (κ2) is 9.23. The summed E-state index contributed by atoms with van der Waals surface area (Å²) in [7, 11) is 0. The van der Waals surface area contributed by atoms with E-state index >= 15 is 8.78 Å². The second-order valence-electron chi connectivity index (χ2n) is 10.5. The van der Waals surface area contributed by atoms with Crippen molar-refractivity contribution in [1.29, 1.82) is 0 Å². The van der Waals surface area contributed by atoms with Gasteiger partial charge in [0.25, 0.3) is 0 Å². The Bertz CT molecular complexity index is 1800. The zero-order chi connectivity index (χ0) is 27.5. The molecule has 1 unspecified atom stereocenters. The minimum atomic E-state index is -0.631. The normalized spacial score (nSPS) is 18.7. The van der Waals surface area contributed by atoms with Gasteiger partial charge in [-0.1, -0.05) is 49.4 Å². The molecule has 0 bridgehead atoms. The first-order valence-corrected chi connectivity index (χ1v) is 12.9. The molecule has 0 nitrogen and oxygen atoms in total. The third kappa shape index (κ3) is 3.97. The first kappa shape index (κ1) is 25.1. The molecule has 0 saturated heterocycles. The van der Waals surface area contributed by atoms with Crippen LogP contribution in [-0.2, 0) is 0 Å². The maximum absolute atomic E-state index is 15.1. The SMILES string of the molecule is CC1=C(c2c(C)c(-c3ccc(F)cc3F)cc3ccccc23)C2(C)CC=CC=C2C=C1c1ccc(F)cc1F. The van der Waals surface area contributed by atoms with E-state index in [0.717, 1.165) is 57.2 Å². The molecule has 0 amide bonds. The Labute approximate surface area is 225 Å². The lowest BCUT2D eigenvalue weighted by Crippen LogP contribution is -2.26. The van der Waals surface area contributed by atoms with E-state index in [0.29, 0.717) is 22.3 Å². The minimum Gasteiger partial charge on any atom is -0.207 e. The van der Waals surface area contributed by atoms with Crippen molar-refractivity contribution in [3.63, 3.8) is 0 Å². The van der Waals surface area contributed by atoms with Gasteiger partial charge in [-0.2, -0.15) is 0 Å². The van der Waals surface area contributed by atoms with Gasteiger partial charge < -0.3 is 0 Å². The molecule has 0 N–H and O–H groups in total. The van der Waals surface area contributed by atoms with E-state index in [1.165, 1.54) is 24.3 Å². The first-order chi connectivity index (χ1) is 18.7. The Morgan fingerprint density at radius 2 is 1.41 bits per heavy atom. The van der Waals surface area contributed by atoms with Gasteiger partial charge in [0.2, 0.25) is 0 Å². The summed E-state index contributed by atoms with van der Waals surface area (Å²) in [5.41, 5.74) is 6.27. The number of allylic oxidation sites excluding steroid dienone is 8. The molecule has 1 atom stereocenters. The number of hydrogen-bond acceptors (Lipinski definition) is 0. The van der Waals surface area contributed by atoms with Crippen LogP contribution in [0.1, 0.15) is 37.0 Å². The van der Waals surface area contributed by atoms with Crippen molar-refractivity contribution in [1.82, 2.24) is 0 Å². The van der Waals surface area contributed by atoms with Crippen LogP contribution in [-0.4, -0.2) is 0 Å². The Hall–Kier alpha value is -4.18. The molecular formula is C35H26F4. The fraction of sp³-hybridized carbons (Fsp3) is 0.143. The summed E-state index contributed by atoms with van der Waals surface area (Å²) < 4.78 is 57.9. The number of hydrogen-bond donors (Lipinski definition) is 0. The van der Waals surface area contributed by atoms with Crippen LogP contribution in [0.2, 0.25) is 0 Å². The van der Waals surface area contributed by atoms with Crippen molar-refractivity contribution in [2.75, 3.05) is 0 Å². The number of halogens is 4. The highest BCUT2D eigenvalue weighted by Crippen LogP contribution is 2.56. The Morgan fingerprint density at radius 1 is 0.744 bits per heavy atom. The molecule has 2 aliphatic rings. The van der Waals surface area contributed by atoms with Crippen molar-refractivity contribution in [2.45, 2.75) is 27.2 Å². The highest BCUT2D eigenvalue weighted by molar-refractivity contribution is 6.06. The smallest absolute Gasteiger partial charge is 0.133 e. The van der Waals surface area contributed by atoms with Crippen molar-refractivity contribution in [2.24, 2.45) is 5.41 Å². The molecule has 0 fully saturated rings. The van der Waals surface area contributed by atoms with E-state index in [-0.39, 0.29) is 0 Å². The van der Waals surface area contributed by atoms with E-state index in [4.69, 9.17) is 0 Å². The van der Waals surface area contributed by atoms with E-state index in [2.05, 4.69) is 13.0 Å². The molecule has 0 saturated carbocycles. The van der Waals surface area contributed by atoms with Gasteiger partial charge >= 0.3 is 0 Å². The van der Waals surface area contributed by atoms with Gasteiger partial charge in [0, 0.05) is 28.7 Å². The lowest BCUT2D eigenvalue weighted by molar-refractivity contribution is 0.545. The fourth-order valence-electron chi connectivity index (χ4n) is 6.26. The maximum atomic E-state index is 15.1. The van der Waals surface area contributed by atoms with Gasteiger partial charge in [-0.15, -0.1) is 0 Å². The van der Waals surface area contributed by atoms with Crippen molar-refractivity contribution >= 4 is 21.9 Å². The lowest BCUT2D eigenvalue weighted by atomic mass is 9.62. The van der Waals surface area contributed by atoms with E-state index in [1.807, 2.05) is 62.4 Å². The van der Waals surface area contributed by atoms with Gasteiger partial charge in [0.05, 0.1) is 0 Å². The quantitative estimate of drug-likeness (QED) is 0.235. The topological polar surface area (TPSA) is 0 Å². The van der Waals surface area contributed by atoms with Gasteiger partial charge in [0.1, 0.15) is 23.3 Å². The summed E-state index contributed by atoms with van der Waals surface area (Å²) in [6, 6.07) is 17.2. The molecule has 0 heterocycles. The summed E-state index contributed by atoms with van der Waals surface area (Å²) in [5, 5.41) is 1.91. The number of rotatable bonds is 3. The summed E-state index contributed by atoms with van der Waals surface area (Å²) in [5.74, 6) is -2.52. The minimum absolute atomic E-state index is 0.319. The largest absolute Gasteiger partial charge is 0.207 e. The summed E-state index contributed by atoms with van der Waals surface area (Å²) in [6.07, 6.45) is 8.89. The van der Waals surface area contributed by atoms with Crippen molar-refractivity contribution < 1.29 is 17.6 Å². The molecule has 4 aromatic carbocycles. The highest BCUT2D eigenvalue weighted by atomic mass is 19.1. The Balaban J connectivity index is 1.72. The molecule has 0 aliphatic heterocycles. The fourth-order valence-corrected chi connectivity index (χ4v) is 6.26. The van der Waals surface area contributed by atoms with Crippen LogP contribution in [0.25, 0.3) is 33.0 Å². The predicted octanol–water partition coefficient (Wildman–Crippen LogP) is 10.1. The molecule has 4 aromatic rings. The lowest BCUT2D eigenvalue weighted by Gasteiger charge is -2.41. The molecule has 0 radical (unpaired) electrons. The summed E-state index contributed by atoms with van der Waals surface area (Å²) in [4.78, 5) is 0. The zero-order valence-electron chi connectivity index (χ0n) is 21.9. The average molecular weight is 523 g/mol. The molecule has 0 aromatic heterocycles. The van der Waals surface area contributed by atoms with Gasteiger partial charge in [-0.25, -0.2) is 17.6 Å². The highest BCUT2D eigenvalue weighted by Gasteiger charge is 2.40. The Kier molecular flexibility index (Phi) is 5.95.